The highest BCUT2D eigenvalue weighted by atomic mass is 35.5. The Kier molecular flexibility index (Phi) is 7.15. The van der Waals surface area contributed by atoms with Gasteiger partial charge in [-0.1, -0.05) is 18.6 Å². The summed E-state index contributed by atoms with van der Waals surface area (Å²) in [4.78, 5) is 4.15. The van der Waals surface area contributed by atoms with Crippen LogP contribution in [0.3, 0.4) is 0 Å². The second-order valence-corrected chi connectivity index (χ2v) is 6.05. The van der Waals surface area contributed by atoms with Crippen LogP contribution in [0.25, 0.3) is 10.8 Å². The number of aromatic amines is 1. The Morgan fingerprint density at radius 2 is 2.04 bits per heavy atom. The summed E-state index contributed by atoms with van der Waals surface area (Å²) in [5, 5.41) is 16.6. The molecule has 0 aliphatic carbocycles. The summed E-state index contributed by atoms with van der Waals surface area (Å²) in [6, 6.07) is 9.13. The van der Waals surface area contributed by atoms with E-state index < -0.39 is 0 Å². The Morgan fingerprint density at radius 3 is 2.88 bits per heavy atom. The van der Waals surface area contributed by atoms with Crippen LogP contribution in [-0.4, -0.2) is 26.4 Å². The molecule has 128 valence electrons. The lowest BCUT2D eigenvalue weighted by atomic mass is 10.1. The van der Waals surface area contributed by atoms with E-state index in [1.54, 1.807) is 6.20 Å². The van der Waals surface area contributed by atoms with E-state index in [2.05, 4.69) is 56.9 Å². The lowest BCUT2D eigenvalue weighted by Crippen LogP contribution is -2.25. The van der Waals surface area contributed by atoms with E-state index in [0.29, 0.717) is 6.04 Å². The number of H-pyrrole nitrogens is 1. The van der Waals surface area contributed by atoms with Gasteiger partial charge < -0.3 is 5.32 Å². The molecular formula is C18H24ClN5. The van der Waals surface area contributed by atoms with Crippen LogP contribution in [-0.2, 0) is 13.0 Å². The molecule has 0 saturated carbocycles. The second kappa shape index (κ2) is 9.35. The number of pyridine rings is 1. The Labute approximate surface area is 148 Å². The van der Waals surface area contributed by atoms with Gasteiger partial charge in [0.1, 0.15) is 0 Å². The number of fused-ring (bicyclic) bond motifs is 1. The molecular weight excluding hydrogens is 322 g/mol. The van der Waals surface area contributed by atoms with E-state index in [9.17, 15) is 0 Å². The molecule has 3 rings (SSSR count). The molecule has 2 N–H and O–H groups in total. The fourth-order valence-electron chi connectivity index (χ4n) is 2.74. The van der Waals surface area contributed by atoms with Gasteiger partial charge in [0.2, 0.25) is 0 Å². The first-order valence-corrected chi connectivity index (χ1v) is 8.22. The lowest BCUT2D eigenvalue weighted by molar-refractivity contribution is 0.488. The van der Waals surface area contributed by atoms with Crippen molar-refractivity contribution in [3.8, 4) is 0 Å². The molecule has 0 radical (unpaired) electrons. The summed E-state index contributed by atoms with van der Waals surface area (Å²) < 4.78 is 0. The van der Waals surface area contributed by atoms with Gasteiger partial charge in [0.15, 0.2) is 0 Å². The minimum atomic E-state index is 0. The Balaban J connectivity index is 0.00000208. The van der Waals surface area contributed by atoms with Crippen molar-refractivity contribution in [3.05, 3.63) is 54.1 Å². The third-order valence-electron chi connectivity index (χ3n) is 4.14. The van der Waals surface area contributed by atoms with E-state index in [4.69, 9.17) is 0 Å². The normalized spacial score (nSPS) is 12.0. The van der Waals surface area contributed by atoms with Gasteiger partial charge in [0.05, 0.1) is 11.9 Å². The van der Waals surface area contributed by atoms with Gasteiger partial charge in [-0.25, -0.2) is 0 Å². The van der Waals surface area contributed by atoms with Crippen LogP contribution < -0.4 is 5.32 Å². The number of benzene rings is 1. The smallest absolute Gasteiger partial charge is 0.0824 e. The molecule has 3 aromatic rings. The fourth-order valence-corrected chi connectivity index (χ4v) is 2.74. The van der Waals surface area contributed by atoms with Gasteiger partial charge in [0.25, 0.3) is 0 Å². The molecule has 0 amide bonds. The minimum Gasteiger partial charge on any atom is -0.310 e. The third kappa shape index (κ3) is 5.28. The topological polar surface area (TPSA) is 66.5 Å². The second-order valence-electron chi connectivity index (χ2n) is 6.05. The molecule has 0 aliphatic rings. The number of aryl methyl sites for hydroxylation is 1. The van der Waals surface area contributed by atoms with E-state index in [1.807, 2.05) is 12.4 Å². The van der Waals surface area contributed by atoms with E-state index in [-0.39, 0.29) is 12.4 Å². The molecule has 0 bridgehead atoms. The number of nitrogens with one attached hydrogen (secondary N) is 2. The third-order valence-corrected chi connectivity index (χ3v) is 4.14. The molecule has 24 heavy (non-hydrogen) atoms. The summed E-state index contributed by atoms with van der Waals surface area (Å²) in [5.74, 6) is 0. The Bertz CT molecular complexity index is 729. The van der Waals surface area contributed by atoms with Gasteiger partial charge in [0, 0.05) is 30.4 Å². The molecule has 0 fully saturated rings. The zero-order valence-electron chi connectivity index (χ0n) is 13.9. The summed E-state index contributed by atoms with van der Waals surface area (Å²) in [5.41, 5.74) is 2.37. The molecule has 0 spiro atoms. The highest BCUT2D eigenvalue weighted by molar-refractivity contribution is 5.85. The maximum absolute atomic E-state index is 4.15. The van der Waals surface area contributed by atoms with Crippen LogP contribution in [0, 0.1) is 0 Å². The van der Waals surface area contributed by atoms with Crippen molar-refractivity contribution >= 4 is 23.2 Å². The number of aromatic nitrogens is 4. The largest absolute Gasteiger partial charge is 0.310 e. The van der Waals surface area contributed by atoms with Crippen LogP contribution in [0.15, 0.2) is 42.9 Å². The fraction of sp³-hybridized carbons (Fsp3) is 0.389. The van der Waals surface area contributed by atoms with Crippen molar-refractivity contribution in [2.24, 2.45) is 0 Å². The van der Waals surface area contributed by atoms with Crippen LogP contribution >= 0.6 is 12.4 Å². The minimum absolute atomic E-state index is 0. The summed E-state index contributed by atoms with van der Waals surface area (Å²) in [6.07, 6.45) is 10.1. The number of unbranched alkanes of at least 4 members (excludes halogenated alkanes) is 1. The SMILES string of the molecule is C[C@H](CCCCc1cn[nH]n1)NCc1ccc2cnccc2c1.Cl. The number of hydrogen-bond donors (Lipinski definition) is 2. The van der Waals surface area contributed by atoms with E-state index in [0.717, 1.165) is 25.1 Å². The van der Waals surface area contributed by atoms with Crippen LogP contribution in [0.2, 0.25) is 0 Å². The quantitative estimate of drug-likeness (QED) is 0.611. The lowest BCUT2D eigenvalue weighted by Gasteiger charge is -2.14. The highest BCUT2D eigenvalue weighted by Crippen LogP contribution is 2.14. The first kappa shape index (κ1) is 18.4. The van der Waals surface area contributed by atoms with Crippen molar-refractivity contribution < 1.29 is 0 Å². The number of rotatable bonds is 8. The predicted octanol–water partition coefficient (Wildman–Crippen LogP) is 3.67. The molecule has 0 unspecified atom stereocenters. The van der Waals surface area contributed by atoms with Gasteiger partial charge in [-0.15, -0.1) is 12.4 Å². The molecule has 0 saturated heterocycles. The van der Waals surface area contributed by atoms with Crippen molar-refractivity contribution in [1.29, 1.82) is 0 Å². The highest BCUT2D eigenvalue weighted by Gasteiger charge is 2.03. The zero-order chi connectivity index (χ0) is 15.9. The molecule has 2 heterocycles. The monoisotopic (exact) mass is 345 g/mol. The average molecular weight is 346 g/mol. The van der Waals surface area contributed by atoms with Crippen LogP contribution in [0.1, 0.15) is 37.4 Å². The van der Waals surface area contributed by atoms with Crippen molar-refractivity contribution in [2.45, 2.75) is 45.2 Å². The van der Waals surface area contributed by atoms with E-state index in [1.165, 1.54) is 29.2 Å². The predicted molar refractivity (Wildman–Crippen MR) is 99.2 cm³/mol. The standard InChI is InChI=1S/C18H23N5.ClH/c1-14(4-2-3-5-18-13-21-23-22-18)20-11-15-6-7-17-12-19-9-8-16(17)10-15;/h6-10,12-14,20H,2-5,11H2,1H3,(H,21,22,23);1H/t14-;/m1./s1. The molecule has 5 nitrogen and oxygen atoms in total. The summed E-state index contributed by atoms with van der Waals surface area (Å²) in [7, 11) is 0. The maximum atomic E-state index is 4.15. The Morgan fingerprint density at radius 1 is 1.12 bits per heavy atom. The van der Waals surface area contributed by atoms with Gasteiger partial charge in [-0.3, -0.25) is 4.98 Å². The molecule has 0 aliphatic heterocycles. The molecule has 1 atom stereocenters. The first-order chi connectivity index (χ1) is 11.3. The Hall–Kier alpha value is -1.98. The summed E-state index contributed by atoms with van der Waals surface area (Å²) in [6.45, 7) is 3.16. The number of halogens is 1. The maximum Gasteiger partial charge on any atom is 0.0824 e. The first-order valence-electron chi connectivity index (χ1n) is 8.22. The van der Waals surface area contributed by atoms with E-state index >= 15 is 0 Å². The molecule has 1 aromatic carbocycles. The number of hydrogen-bond acceptors (Lipinski definition) is 4. The molecule has 6 heteroatoms. The van der Waals surface area contributed by atoms with Gasteiger partial charge in [-0.05, 0) is 49.3 Å². The molecule has 2 aromatic heterocycles. The summed E-state index contributed by atoms with van der Waals surface area (Å²) >= 11 is 0. The van der Waals surface area contributed by atoms with Gasteiger partial charge in [-0.2, -0.15) is 15.4 Å². The van der Waals surface area contributed by atoms with Gasteiger partial charge >= 0.3 is 0 Å². The van der Waals surface area contributed by atoms with Crippen molar-refractivity contribution in [1.82, 2.24) is 25.7 Å². The van der Waals surface area contributed by atoms with Crippen molar-refractivity contribution in [3.63, 3.8) is 0 Å². The van der Waals surface area contributed by atoms with Crippen LogP contribution in [0.5, 0.6) is 0 Å². The zero-order valence-corrected chi connectivity index (χ0v) is 14.7. The van der Waals surface area contributed by atoms with Crippen molar-refractivity contribution in [2.75, 3.05) is 0 Å². The number of nitrogens with zero attached hydrogens (tertiary/aromatic N) is 3. The van der Waals surface area contributed by atoms with Crippen LogP contribution in [0.4, 0.5) is 0 Å². The average Bonchev–Trinajstić information content (AvgIpc) is 3.10.